The van der Waals surface area contributed by atoms with Gasteiger partial charge in [0.15, 0.2) is 0 Å². The molecule has 158 valence electrons. The predicted octanol–water partition coefficient (Wildman–Crippen LogP) is 3.57. The van der Waals surface area contributed by atoms with Crippen LogP contribution in [0.4, 0.5) is 0 Å². The molecule has 2 aromatic carbocycles. The van der Waals surface area contributed by atoms with E-state index in [2.05, 4.69) is 105 Å². The topological polar surface area (TPSA) is 28.8 Å². The third-order valence-electron chi connectivity index (χ3n) is 5.20. The first-order valence-corrected chi connectivity index (χ1v) is 10.3. The summed E-state index contributed by atoms with van der Waals surface area (Å²) in [4.78, 5) is 12.9. The van der Waals surface area contributed by atoms with Crippen LogP contribution in [0.5, 0.6) is 0 Å². The third kappa shape index (κ3) is 4.81. The molecule has 3 rings (SSSR count). The quantitative estimate of drug-likeness (QED) is 0.631. The third-order valence-corrected chi connectivity index (χ3v) is 5.20. The summed E-state index contributed by atoms with van der Waals surface area (Å²) in [6.07, 6.45) is 0. The molecule has 0 fully saturated rings. The lowest BCUT2D eigenvalue weighted by molar-refractivity contribution is 0.400. The molecule has 0 aliphatic heterocycles. The fraction of sp³-hybridized carbons (Fsp3) is 0.500. The molecule has 0 amide bonds. The molecule has 0 saturated carbocycles. The number of H-pyrrole nitrogens is 1. The molecule has 3 aromatic rings. The number of hydrogen-bond donors (Lipinski definition) is 1. The summed E-state index contributed by atoms with van der Waals surface area (Å²) in [7, 11) is 17.1. The van der Waals surface area contributed by atoms with E-state index in [1.54, 1.807) is 0 Å². The van der Waals surface area contributed by atoms with Crippen molar-refractivity contribution >= 4 is 21.8 Å². The summed E-state index contributed by atoms with van der Waals surface area (Å²) >= 11 is 0. The lowest BCUT2D eigenvalue weighted by atomic mass is 9.97. The van der Waals surface area contributed by atoms with Gasteiger partial charge in [-0.05, 0) is 78.6 Å². The van der Waals surface area contributed by atoms with Crippen molar-refractivity contribution in [3.8, 4) is 0 Å². The number of hydrogen-bond acceptors (Lipinski definition) is 4. The molecule has 0 aliphatic carbocycles. The highest BCUT2D eigenvalue weighted by Gasteiger charge is 2.19. The lowest BCUT2D eigenvalue weighted by Gasteiger charge is -2.17. The first-order valence-electron chi connectivity index (χ1n) is 10.3. The Hall–Kier alpha value is -1.92. The van der Waals surface area contributed by atoms with Gasteiger partial charge in [-0.25, -0.2) is 0 Å². The summed E-state index contributed by atoms with van der Waals surface area (Å²) in [5.41, 5.74) is 8.07. The van der Waals surface area contributed by atoms with Crippen LogP contribution in [-0.2, 0) is 26.2 Å². The van der Waals surface area contributed by atoms with Crippen LogP contribution in [0.1, 0.15) is 22.3 Å². The zero-order valence-corrected chi connectivity index (χ0v) is 19.4. The highest BCUT2D eigenvalue weighted by Crippen LogP contribution is 2.36. The van der Waals surface area contributed by atoms with Crippen molar-refractivity contribution in [2.45, 2.75) is 26.2 Å². The maximum Gasteiger partial charge on any atom is 0.0514 e. The first kappa shape index (κ1) is 21.8. The van der Waals surface area contributed by atoms with Crippen molar-refractivity contribution in [2.75, 3.05) is 56.4 Å². The molecule has 1 aromatic heterocycles. The average molecular weight is 396 g/mol. The van der Waals surface area contributed by atoms with Crippen LogP contribution < -0.4 is 0 Å². The van der Waals surface area contributed by atoms with Gasteiger partial charge >= 0.3 is 0 Å². The van der Waals surface area contributed by atoms with Crippen LogP contribution in [0.15, 0.2) is 24.3 Å². The smallest absolute Gasteiger partial charge is 0.0514 e. The molecular weight excluding hydrogens is 358 g/mol. The van der Waals surface area contributed by atoms with Crippen molar-refractivity contribution in [3.63, 3.8) is 0 Å². The summed E-state index contributed by atoms with van der Waals surface area (Å²) in [6, 6.07) is 9.25. The number of rotatable bonds is 8. The molecule has 0 bridgehead atoms. The highest BCUT2D eigenvalue weighted by molar-refractivity contribution is 6.12. The minimum absolute atomic E-state index is 0.928. The second-order valence-electron chi connectivity index (χ2n) is 9.34. The van der Waals surface area contributed by atoms with Gasteiger partial charge in [0.25, 0.3) is 0 Å². The standard InChI is InChI=1S/C24H37N5/c1-26(2)13-17-9-11-19(15-28(5)6)23-21(17)22-18(14-27(3)4)10-12-20(16-29(7)8)24(22)25-23/h9-12,25H,13-16H2,1-8H3. The zero-order valence-electron chi connectivity index (χ0n) is 19.4. The monoisotopic (exact) mass is 395 g/mol. The normalized spacial score (nSPS) is 12.6. The van der Waals surface area contributed by atoms with E-state index in [1.165, 1.54) is 44.1 Å². The molecule has 1 N–H and O–H groups in total. The number of benzene rings is 2. The van der Waals surface area contributed by atoms with Crippen molar-refractivity contribution in [3.05, 3.63) is 46.5 Å². The molecular formula is C24H37N5. The van der Waals surface area contributed by atoms with E-state index in [4.69, 9.17) is 0 Å². The van der Waals surface area contributed by atoms with Gasteiger partial charge in [0, 0.05) is 37.0 Å². The molecule has 0 aliphatic rings. The molecule has 0 atom stereocenters. The molecule has 5 heteroatoms. The minimum Gasteiger partial charge on any atom is -0.354 e. The Labute approximate surface area is 175 Å². The second kappa shape index (κ2) is 8.84. The number of fused-ring (bicyclic) bond motifs is 3. The molecule has 0 saturated heterocycles. The summed E-state index contributed by atoms with van der Waals surface area (Å²) in [5, 5.41) is 2.79. The SMILES string of the molecule is CN(C)Cc1ccc(CN(C)C)c2c1[nH]c1c(CN(C)C)ccc(CN(C)C)c12. The Morgan fingerprint density at radius 2 is 0.759 bits per heavy atom. The van der Waals surface area contributed by atoms with Gasteiger partial charge < -0.3 is 24.6 Å². The van der Waals surface area contributed by atoms with E-state index >= 15 is 0 Å². The number of nitrogens with zero attached hydrogens (tertiary/aromatic N) is 4. The average Bonchev–Trinajstić information content (AvgIpc) is 2.99. The highest BCUT2D eigenvalue weighted by atomic mass is 15.1. The van der Waals surface area contributed by atoms with Gasteiger partial charge in [-0.15, -0.1) is 0 Å². The molecule has 29 heavy (non-hydrogen) atoms. The van der Waals surface area contributed by atoms with Gasteiger partial charge in [0.05, 0.1) is 11.0 Å². The minimum atomic E-state index is 0.928. The second-order valence-corrected chi connectivity index (χ2v) is 9.34. The Morgan fingerprint density at radius 1 is 0.483 bits per heavy atom. The summed E-state index contributed by atoms with van der Waals surface area (Å²) in [5.74, 6) is 0. The van der Waals surface area contributed by atoms with Gasteiger partial charge in [0.1, 0.15) is 0 Å². The largest absolute Gasteiger partial charge is 0.354 e. The van der Waals surface area contributed by atoms with Crippen molar-refractivity contribution < 1.29 is 0 Å². The fourth-order valence-corrected chi connectivity index (χ4v) is 4.25. The van der Waals surface area contributed by atoms with Gasteiger partial charge in [-0.3, -0.25) is 0 Å². The van der Waals surface area contributed by atoms with Crippen LogP contribution in [0.2, 0.25) is 0 Å². The van der Waals surface area contributed by atoms with Crippen LogP contribution >= 0.6 is 0 Å². The van der Waals surface area contributed by atoms with E-state index in [0.717, 1.165) is 26.2 Å². The van der Waals surface area contributed by atoms with E-state index in [1.807, 2.05) is 0 Å². The molecule has 5 nitrogen and oxygen atoms in total. The maximum absolute atomic E-state index is 3.86. The Kier molecular flexibility index (Phi) is 6.64. The van der Waals surface area contributed by atoms with Gasteiger partial charge in [-0.2, -0.15) is 0 Å². The number of aromatic amines is 1. The van der Waals surface area contributed by atoms with E-state index in [9.17, 15) is 0 Å². The van der Waals surface area contributed by atoms with Crippen molar-refractivity contribution in [1.29, 1.82) is 0 Å². The van der Waals surface area contributed by atoms with E-state index in [0.29, 0.717) is 0 Å². The van der Waals surface area contributed by atoms with Gasteiger partial charge in [-0.1, -0.05) is 24.3 Å². The lowest BCUT2D eigenvalue weighted by Crippen LogP contribution is -2.14. The van der Waals surface area contributed by atoms with Gasteiger partial charge in [0.2, 0.25) is 0 Å². The summed E-state index contributed by atoms with van der Waals surface area (Å²) in [6.45, 7) is 3.73. The van der Waals surface area contributed by atoms with Crippen molar-refractivity contribution in [2.24, 2.45) is 0 Å². The number of aromatic nitrogens is 1. The summed E-state index contributed by atoms with van der Waals surface area (Å²) < 4.78 is 0. The zero-order chi connectivity index (χ0) is 21.3. The number of nitrogens with one attached hydrogen (secondary N) is 1. The van der Waals surface area contributed by atoms with E-state index in [-0.39, 0.29) is 0 Å². The van der Waals surface area contributed by atoms with E-state index < -0.39 is 0 Å². The Balaban J connectivity index is 2.39. The maximum atomic E-state index is 3.86. The van der Waals surface area contributed by atoms with Crippen LogP contribution in [0.25, 0.3) is 21.8 Å². The van der Waals surface area contributed by atoms with Crippen LogP contribution in [-0.4, -0.2) is 81.0 Å². The Morgan fingerprint density at radius 3 is 1.07 bits per heavy atom. The molecule has 0 radical (unpaired) electrons. The first-order chi connectivity index (χ1) is 13.7. The molecule has 0 spiro atoms. The van der Waals surface area contributed by atoms with Crippen LogP contribution in [0.3, 0.4) is 0 Å². The molecule has 1 heterocycles. The van der Waals surface area contributed by atoms with Crippen LogP contribution in [0, 0.1) is 0 Å². The Bertz CT molecular complexity index is 904. The fourth-order valence-electron chi connectivity index (χ4n) is 4.25. The molecule has 0 unspecified atom stereocenters. The predicted molar refractivity (Wildman–Crippen MR) is 125 cm³/mol. The van der Waals surface area contributed by atoms with Crippen molar-refractivity contribution in [1.82, 2.24) is 24.6 Å².